The van der Waals surface area contributed by atoms with Gasteiger partial charge >= 0.3 is 0 Å². The molecule has 0 amide bonds. The molecule has 32 heavy (non-hydrogen) atoms. The zero-order valence-electron chi connectivity index (χ0n) is 18.3. The van der Waals surface area contributed by atoms with Gasteiger partial charge < -0.3 is 10.2 Å². The third-order valence-electron chi connectivity index (χ3n) is 6.85. The summed E-state index contributed by atoms with van der Waals surface area (Å²) in [5.74, 6) is 0. The van der Waals surface area contributed by atoms with Gasteiger partial charge in [-0.25, -0.2) is 4.98 Å². The van der Waals surface area contributed by atoms with Crippen LogP contribution in [-0.4, -0.2) is 44.7 Å². The van der Waals surface area contributed by atoms with E-state index in [0.29, 0.717) is 17.7 Å². The lowest BCUT2D eigenvalue weighted by molar-refractivity contribution is 0.185. The van der Waals surface area contributed by atoms with Crippen molar-refractivity contribution in [2.24, 2.45) is 0 Å². The van der Waals surface area contributed by atoms with Gasteiger partial charge in [-0.1, -0.05) is 17.7 Å². The van der Waals surface area contributed by atoms with Gasteiger partial charge in [0.15, 0.2) is 0 Å². The molecule has 8 heteroatoms. The molecule has 0 radical (unpaired) electrons. The van der Waals surface area contributed by atoms with Gasteiger partial charge in [0.05, 0.1) is 6.04 Å². The highest BCUT2D eigenvalue weighted by molar-refractivity contribution is 6.30. The van der Waals surface area contributed by atoms with E-state index >= 15 is 0 Å². The molecule has 5 heterocycles. The Labute approximate surface area is 191 Å². The fourth-order valence-corrected chi connectivity index (χ4v) is 5.14. The molecule has 0 saturated carbocycles. The number of pyridine rings is 3. The van der Waals surface area contributed by atoms with E-state index in [1.165, 1.54) is 0 Å². The molecule has 0 bridgehead atoms. The first-order valence-electron chi connectivity index (χ1n) is 11.3. The smallest absolute Gasteiger partial charge is 0.252 e. The van der Waals surface area contributed by atoms with Crippen LogP contribution >= 0.6 is 11.6 Å². The molecule has 1 atom stereocenters. The summed E-state index contributed by atoms with van der Waals surface area (Å²) in [4.78, 5) is 31.6. The summed E-state index contributed by atoms with van der Waals surface area (Å²) < 4.78 is 3.58. The fraction of sp³-hybridized carbons (Fsp3) is 0.458. The van der Waals surface area contributed by atoms with Crippen LogP contribution in [0.2, 0.25) is 5.15 Å². The molecule has 1 N–H and O–H groups in total. The van der Waals surface area contributed by atoms with Gasteiger partial charge in [-0.05, 0) is 62.5 Å². The average Bonchev–Trinajstić information content (AvgIpc) is 3.20. The molecule has 0 aliphatic carbocycles. The molecule has 168 valence electrons. The molecule has 0 aromatic carbocycles. The van der Waals surface area contributed by atoms with E-state index in [1.54, 1.807) is 16.7 Å². The average molecular weight is 454 g/mol. The Morgan fingerprint density at radius 2 is 1.88 bits per heavy atom. The van der Waals surface area contributed by atoms with E-state index < -0.39 is 0 Å². The minimum absolute atomic E-state index is 0.0193. The second kappa shape index (κ2) is 8.81. The zero-order chi connectivity index (χ0) is 22.2. The lowest BCUT2D eigenvalue weighted by Crippen LogP contribution is -2.43. The molecule has 1 saturated heterocycles. The van der Waals surface area contributed by atoms with Gasteiger partial charge in [0.2, 0.25) is 0 Å². The molecule has 3 aromatic heterocycles. The molecule has 2 aliphatic rings. The van der Waals surface area contributed by atoms with E-state index in [1.807, 2.05) is 29.8 Å². The molecule has 0 spiro atoms. The maximum absolute atomic E-state index is 12.6. The summed E-state index contributed by atoms with van der Waals surface area (Å²) in [5.41, 5.74) is 2.88. The van der Waals surface area contributed by atoms with Crippen molar-refractivity contribution in [3.63, 3.8) is 0 Å². The van der Waals surface area contributed by atoms with E-state index in [2.05, 4.69) is 21.3 Å². The largest absolute Gasteiger partial charge is 0.310 e. The van der Waals surface area contributed by atoms with Gasteiger partial charge in [0, 0.05) is 49.4 Å². The number of hydrogen-bond donors (Lipinski definition) is 1. The molecule has 7 nitrogen and oxygen atoms in total. The fourth-order valence-electron chi connectivity index (χ4n) is 5.04. The van der Waals surface area contributed by atoms with Crippen LogP contribution in [0, 0.1) is 6.92 Å². The van der Waals surface area contributed by atoms with Gasteiger partial charge in [-0.3, -0.25) is 18.7 Å². The standard InChI is InChI=1S/C24H28ClN5O2/c1-16-12-17(14-27-23(16)25)13-26-19-6-9-28(10-7-19)11-8-20-15-29-21(31)4-2-18-3-5-22(32)30(20)24(18)29/h2-5,12,14,19-20,26H,6-11,13,15H2,1H3/t20-/m1/s1. The molecular weight excluding hydrogens is 426 g/mol. The first kappa shape index (κ1) is 21.4. The van der Waals surface area contributed by atoms with Crippen LogP contribution in [0.15, 0.2) is 46.1 Å². The van der Waals surface area contributed by atoms with Gasteiger partial charge in [0.1, 0.15) is 10.8 Å². The number of hydrogen-bond acceptors (Lipinski definition) is 5. The third-order valence-corrected chi connectivity index (χ3v) is 7.24. The second-order valence-corrected chi connectivity index (χ2v) is 9.35. The predicted octanol–water partition coefficient (Wildman–Crippen LogP) is 2.72. The monoisotopic (exact) mass is 453 g/mol. The number of rotatable bonds is 6. The number of aryl methyl sites for hydroxylation is 1. The summed E-state index contributed by atoms with van der Waals surface area (Å²) in [6, 6.07) is 9.45. The number of halogens is 1. The van der Waals surface area contributed by atoms with Crippen molar-refractivity contribution in [3.05, 3.63) is 73.5 Å². The SMILES string of the molecule is Cc1cc(CNC2CCN(CC[C@@H]3Cn4c(=O)ccc5ccc(=O)n3c54)CC2)cnc1Cl. The van der Waals surface area contributed by atoms with Crippen molar-refractivity contribution >= 4 is 22.6 Å². The Hall–Kier alpha value is -2.48. The normalized spacial score (nSPS) is 19.1. The van der Waals surface area contributed by atoms with Crippen molar-refractivity contribution in [3.8, 4) is 0 Å². The third kappa shape index (κ3) is 4.12. The molecule has 1 fully saturated rings. The number of piperidine rings is 1. The van der Waals surface area contributed by atoms with Crippen molar-refractivity contribution < 1.29 is 0 Å². The summed E-state index contributed by atoms with van der Waals surface area (Å²) >= 11 is 6.01. The lowest BCUT2D eigenvalue weighted by Gasteiger charge is -2.33. The summed E-state index contributed by atoms with van der Waals surface area (Å²) in [7, 11) is 0. The Kier molecular flexibility index (Phi) is 5.88. The highest BCUT2D eigenvalue weighted by atomic mass is 35.5. The Morgan fingerprint density at radius 1 is 1.12 bits per heavy atom. The van der Waals surface area contributed by atoms with Crippen LogP contribution in [-0.2, 0) is 13.1 Å². The highest BCUT2D eigenvalue weighted by Gasteiger charge is 2.27. The van der Waals surface area contributed by atoms with Crippen LogP contribution in [0.3, 0.4) is 0 Å². The number of nitrogens with zero attached hydrogens (tertiary/aromatic N) is 4. The maximum atomic E-state index is 12.6. The van der Waals surface area contributed by atoms with E-state index in [-0.39, 0.29) is 17.2 Å². The van der Waals surface area contributed by atoms with Crippen molar-refractivity contribution in [2.45, 2.75) is 51.4 Å². The minimum atomic E-state index is -0.0303. The summed E-state index contributed by atoms with van der Waals surface area (Å²) in [6.07, 6.45) is 4.90. The first-order chi connectivity index (χ1) is 15.5. The van der Waals surface area contributed by atoms with Crippen LogP contribution in [0.4, 0.5) is 0 Å². The van der Waals surface area contributed by atoms with Crippen LogP contribution in [0.25, 0.3) is 11.0 Å². The van der Waals surface area contributed by atoms with E-state index in [0.717, 1.165) is 67.6 Å². The molecular formula is C24H28ClN5O2. The summed E-state index contributed by atoms with van der Waals surface area (Å²) in [6.45, 7) is 6.37. The number of nitrogens with one attached hydrogen (secondary N) is 1. The predicted molar refractivity (Wildman–Crippen MR) is 126 cm³/mol. The Morgan fingerprint density at radius 3 is 2.62 bits per heavy atom. The van der Waals surface area contributed by atoms with Crippen molar-refractivity contribution in [1.29, 1.82) is 0 Å². The van der Waals surface area contributed by atoms with Gasteiger partial charge in [-0.2, -0.15) is 0 Å². The quantitative estimate of drug-likeness (QED) is 0.581. The molecule has 5 rings (SSSR count). The zero-order valence-corrected chi connectivity index (χ0v) is 19.0. The Bertz CT molecular complexity index is 1250. The molecule has 0 unspecified atom stereocenters. The Balaban J connectivity index is 1.15. The summed E-state index contributed by atoms with van der Waals surface area (Å²) in [5, 5.41) is 5.16. The lowest BCUT2D eigenvalue weighted by atomic mass is 10.0. The minimum Gasteiger partial charge on any atom is -0.310 e. The first-order valence-corrected chi connectivity index (χ1v) is 11.7. The second-order valence-electron chi connectivity index (χ2n) is 8.99. The van der Waals surface area contributed by atoms with Crippen LogP contribution in [0.5, 0.6) is 0 Å². The van der Waals surface area contributed by atoms with Gasteiger partial charge in [-0.15, -0.1) is 0 Å². The number of aromatic nitrogens is 3. The van der Waals surface area contributed by atoms with Crippen LogP contribution < -0.4 is 16.4 Å². The van der Waals surface area contributed by atoms with Crippen LogP contribution in [0.1, 0.15) is 36.4 Å². The molecule has 3 aromatic rings. The molecule has 2 aliphatic heterocycles. The highest BCUT2D eigenvalue weighted by Crippen LogP contribution is 2.26. The van der Waals surface area contributed by atoms with Crippen molar-refractivity contribution in [2.75, 3.05) is 19.6 Å². The number of likely N-dealkylation sites (tertiary alicyclic amines) is 1. The van der Waals surface area contributed by atoms with E-state index in [4.69, 9.17) is 11.6 Å². The topological polar surface area (TPSA) is 72.2 Å². The van der Waals surface area contributed by atoms with E-state index in [9.17, 15) is 9.59 Å². The maximum Gasteiger partial charge on any atom is 0.252 e. The van der Waals surface area contributed by atoms with Crippen molar-refractivity contribution in [1.82, 2.24) is 24.3 Å². The van der Waals surface area contributed by atoms with Gasteiger partial charge in [0.25, 0.3) is 11.1 Å².